The highest BCUT2D eigenvalue weighted by Gasteiger charge is 2.19. The van der Waals surface area contributed by atoms with Gasteiger partial charge in [-0.1, -0.05) is 18.2 Å². The Labute approximate surface area is 107 Å². The summed E-state index contributed by atoms with van der Waals surface area (Å²) >= 11 is 0. The Balaban J connectivity index is 1.88. The van der Waals surface area contributed by atoms with E-state index in [2.05, 4.69) is 10.6 Å². The van der Waals surface area contributed by atoms with Crippen LogP contribution in [0.3, 0.4) is 0 Å². The second-order valence-corrected chi connectivity index (χ2v) is 4.87. The number of hydrogen-bond donors (Lipinski definition) is 2. The topological polar surface area (TPSA) is 41.1 Å². The first-order chi connectivity index (χ1) is 8.66. The van der Waals surface area contributed by atoms with Gasteiger partial charge >= 0.3 is 0 Å². The highest BCUT2D eigenvalue weighted by atomic mass is 19.1. The smallest absolute Gasteiger partial charge is 0.220 e. The molecule has 1 fully saturated rings. The molecule has 1 unspecified atom stereocenters. The van der Waals surface area contributed by atoms with E-state index in [1.54, 1.807) is 18.2 Å². The monoisotopic (exact) mass is 250 g/mol. The fourth-order valence-corrected chi connectivity index (χ4v) is 2.36. The molecular formula is C14H19FN2O. The SMILES string of the molecule is C[C@@H](NC(=O)CC1CCNC1)c1ccccc1F. The number of benzene rings is 1. The summed E-state index contributed by atoms with van der Waals surface area (Å²) in [4.78, 5) is 11.8. The van der Waals surface area contributed by atoms with Crippen molar-refractivity contribution >= 4 is 5.91 Å². The first-order valence-corrected chi connectivity index (χ1v) is 6.41. The summed E-state index contributed by atoms with van der Waals surface area (Å²) < 4.78 is 13.5. The van der Waals surface area contributed by atoms with Crippen molar-refractivity contribution in [3.05, 3.63) is 35.6 Å². The van der Waals surface area contributed by atoms with Crippen molar-refractivity contribution in [2.75, 3.05) is 13.1 Å². The first kappa shape index (κ1) is 13.0. The van der Waals surface area contributed by atoms with E-state index in [0.29, 0.717) is 17.9 Å². The lowest BCUT2D eigenvalue weighted by Crippen LogP contribution is -2.29. The molecule has 0 bridgehead atoms. The minimum atomic E-state index is -0.284. The molecular weight excluding hydrogens is 231 g/mol. The van der Waals surface area contributed by atoms with Crippen LogP contribution in [0.15, 0.2) is 24.3 Å². The molecule has 98 valence electrons. The van der Waals surface area contributed by atoms with Gasteiger partial charge in [0.05, 0.1) is 6.04 Å². The van der Waals surface area contributed by atoms with E-state index < -0.39 is 0 Å². The summed E-state index contributed by atoms with van der Waals surface area (Å²) in [5, 5.41) is 6.09. The lowest BCUT2D eigenvalue weighted by molar-refractivity contribution is -0.122. The average Bonchev–Trinajstić information content (AvgIpc) is 2.82. The van der Waals surface area contributed by atoms with Crippen molar-refractivity contribution < 1.29 is 9.18 Å². The number of amides is 1. The third kappa shape index (κ3) is 3.29. The molecule has 1 aliphatic rings. The average molecular weight is 250 g/mol. The quantitative estimate of drug-likeness (QED) is 0.858. The van der Waals surface area contributed by atoms with Gasteiger partial charge in [0.25, 0.3) is 0 Å². The van der Waals surface area contributed by atoms with E-state index in [0.717, 1.165) is 19.5 Å². The van der Waals surface area contributed by atoms with Crippen molar-refractivity contribution in [2.24, 2.45) is 5.92 Å². The summed E-state index contributed by atoms with van der Waals surface area (Å²) in [5.74, 6) is 0.144. The zero-order valence-corrected chi connectivity index (χ0v) is 10.6. The molecule has 3 nitrogen and oxygen atoms in total. The third-order valence-electron chi connectivity index (χ3n) is 3.39. The van der Waals surface area contributed by atoms with Gasteiger partial charge in [0.15, 0.2) is 0 Å². The van der Waals surface area contributed by atoms with Gasteiger partial charge in [-0.25, -0.2) is 4.39 Å². The normalized spacial score (nSPS) is 20.7. The molecule has 18 heavy (non-hydrogen) atoms. The van der Waals surface area contributed by atoms with Crippen molar-refractivity contribution in [3.63, 3.8) is 0 Å². The van der Waals surface area contributed by atoms with Crippen LogP contribution in [0.5, 0.6) is 0 Å². The zero-order valence-electron chi connectivity index (χ0n) is 10.6. The molecule has 1 amide bonds. The second-order valence-electron chi connectivity index (χ2n) is 4.87. The van der Waals surface area contributed by atoms with E-state index in [4.69, 9.17) is 0 Å². The van der Waals surface area contributed by atoms with Gasteiger partial charge in [-0.3, -0.25) is 4.79 Å². The largest absolute Gasteiger partial charge is 0.349 e. The Morgan fingerprint density at radius 1 is 1.56 bits per heavy atom. The number of carbonyl (C=O) groups is 1. The van der Waals surface area contributed by atoms with Gasteiger partial charge < -0.3 is 10.6 Å². The van der Waals surface area contributed by atoms with Crippen LogP contribution in [-0.4, -0.2) is 19.0 Å². The maximum atomic E-state index is 13.5. The molecule has 1 aliphatic heterocycles. The summed E-state index contributed by atoms with van der Waals surface area (Å²) in [6.45, 7) is 3.70. The molecule has 2 N–H and O–H groups in total. The predicted molar refractivity (Wildman–Crippen MR) is 68.6 cm³/mol. The van der Waals surface area contributed by atoms with Gasteiger partial charge in [-0.15, -0.1) is 0 Å². The van der Waals surface area contributed by atoms with Crippen LogP contribution in [0, 0.1) is 11.7 Å². The highest BCUT2D eigenvalue weighted by molar-refractivity contribution is 5.76. The fourth-order valence-electron chi connectivity index (χ4n) is 2.36. The summed E-state index contributed by atoms with van der Waals surface area (Å²) in [6, 6.07) is 6.27. The molecule has 2 atom stereocenters. The van der Waals surface area contributed by atoms with Crippen molar-refractivity contribution in [1.82, 2.24) is 10.6 Å². The van der Waals surface area contributed by atoms with Gasteiger partial charge in [0.1, 0.15) is 5.82 Å². The molecule has 1 saturated heterocycles. The Morgan fingerprint density at radius 2 is 2.33 bits per heavy atom. The molecule has 0 saturated carbocycles. The molecule has 1 aromatic carbocycles. The number of rotatable bonds is 4. The second kappa shape index (κ2) is 5.96. The van der Waals surface area contributed by atoms with E-state index in [1.165, 1.54) is 6.07 Å². The standard InChI is InChI=1S/C14H19FN2O/c1-10(12-4-2-3-5-13(12)15)17-14(18)8-11-6-7-16-9-11/h2-5,10-11,16H,6-9H2,1H3,(H,17,18)/t10-,11?/m1/s1. The van der Waals surface area contributed by atoms with Crippen LogP contribution in [0.1, 0.15) is 31.4 Å². The van der Waals surface area contributed by atoms with E-state index in [-0.39, 0.29) is 17.8 Å². The van der Waals surface area contributed by atoms with Gasteiger partial charge in [-0.05, 0) is 38.4 Å². The number of halogens is 1. The molecule has 1 heterocycles. The van der Waals surface area contributed by atoms with Gasteiger partial charge in [-0.2, -0.15) is 0 Å². The summed E-state index contributed by atoms with van der Waals surface area (Å²) in [7, 11) is 0. The van der Waals surface area contributed by atoms with Gasteiger partial charge in [0, 0.05) is 12.0 Å². The van der Waals surface area contributed by atoms with Crippen LogP contribution in [0.4, 0.5) is 4.39 Å². The van der Waals surface area contributed by atoms with Crippen molar-refractivity contribution in [2.45, 2.75) is 25.8 Å². The fraction of sp³-hybridized carbons (Fsp3) is 0.500. The first-order valence-electron chi connectivity index (χ1n) is 6.41. The third-order valence-corrected chi connectivity index (χ3v) is 3.39. The molecule has 0 aliphatic carbocycles. The Morgan fingerprint density at radius 3 is 3.00 bits per heavy atom. The number of carbonyl (C=O) groups excluding carboxylic acids is 1. The van der Waals surface area contributed by atoms with Crippen LogP contribution < -0.4 is 10.6 Å². The molecule has 0 spiro atoms. The molecule has 0 aromatic heterocycles. The molecule has 0 radical (unpaired) electrons. The number of nitrogens with one attached hydrogen (secondary N) is 2. The van der Waals surface area contributed by atoms with E-state index in [1.807, 2.05) is 6.92 Å². The summed E-state index contributed by atoms with van der Waals surface area (Å²) in [5.41, 5.74) is 0.537. The maximum Gasteiger partial charge on any atom is 0.220 e. The van der Waals surface area contributed by atoms with Crippen molar-refractivity contribution in [1.29, 1.82) is 0 Å². The lowest BCUT2D eigenvalue weighted by atomic mass is 10.0. The zero-order chi connectivity index (χ0) is 13.0. The Hall–Kier alpha value is -1.42. The minimum Gasteiger partial charge on any atom is -0.349 e. The van der Waals surface area contributed by atoms with Crippen LogP contribution in [0.25, 0.3) is 0 Å². The minimum absolute atomic E-state index is 0.000506. The molecule has 2 rings (SSSR count). The Bertz CT molecular complexity index is 416. The maximum absolute atomic E-state index is 13.5. The van der Waals surface area contributed by atoms with Crippen molar-refractivity contribution in [3.8, 4) is 0 Å². The molecule has 1 aromatic rings. The molecule has 4 heteroatoms. The van der Waals surface area contributed by atoms with Crippen LogP contribution in [0.2, 0.25) is 0 Å². The predicted octanol–water partition coefficient (Wildman–Crippen LogP) is 2.00. The van der Waals surface area contributed by atoms with Crippen LogP contribution in [-0.2, 0) is 4.79 Å². The van der Waals surface area contributed by atoms with Crippen LogP contribution >= 0.6 is 0 Å². The highest BCUT2D eigenvalue weighted by Crippen LogP contribution is 2.17. The van der Waals surface area contributed by atoms with E-state index in [9.17, 15) is 9.18 Å². The van der Waals surface area contributed by atoms with Gasteiger partial charge in [0.2, 0.25) is 5.91 Å². The van der Waals surface area contributed by atoms with E-state index >= 15 is 0 Å². The summed E-state index contributed by atoms with van der Waals surface area (Å²) in [6.07, 6.45) is 1.56. The Kier molecular flexibility index (Phi) is 4.31. The lowest BCUT2D eigenvalue weighted by Gasteiger charge is -2.16. The number of hydrogen-bond acceptors (Lipinski definition) is 2.